The zero-order valence-corrected chi connectivity index (χ0v) is 13.7. The predicted octanol–water partition coefficient (Wildman–Crippen LogP) is 6.59. The Balaban J connectivity index is 1.95. The molecule has 0 aliphatic carbocycles. The fourth-order valence-corrected chi connectivity index (χ4v) is 3.03. The number of hydrogen-bond donors (Lipinski definition) is 0. The van der Waals surface area contributed by atoms with Gasteiger partial charge in [0.05, 0.1) is 16.8 Å². The molecule has 0 spiro atoms. The first-order valence-electron chi connectivity index (χ1n) is 8.15. The molecular weight excluding hydrogens is 335 g/mol. The van der Waals surface area contributed by atoms with Crippen molar-refractivity contribution in [3.63, 3.8) is 0 Å². The smallest absolute Gasteiger partial charge is 0.248 e. The maximum absolute atomic E-state index is 13.1. The largest absolute Gasteiger partial charge is 0.416 e. The van der Waals surface area contributed by atoms with Gasteiger partial charge in [0.2, 0.25) is 0 Å². The van der Waals surface area contributed by atoms with Gasteiger partial charge in [-0.05, 0) is 35.4 Å². The summed E-state index contributed by atoms with van der Waals surface area (Å²) in [4.78, 5) is 4.59. The Bertz CT molecular complexity index is 1070. The van der Waals surface area contributed by atoms with Crippen molar-refractivity contribution >= 4 is 10.9 Å². The third-order valence-corrected chi connectivity index (χ3v) is 4.29. The average Bonchev–Trinajstić information content (AvgIpc) is 2.67. The molecule has 0 radical (unpaired) electrons. The van der Waals surface area contributed by atoms with Crippen LogP contribution in [0, 0.1) is 0 Å². The molecule has 1 heterocycles. The molecule has 1 nitrogen and oxygen atoms in total. The molecular formula is C22H14F3N. The van der Waals surface area contributed by atoms with Crippen LogP contribution in [0.25, 0.3) is 33.3 Å². The molecule has 0 amide bonds. The molecule has 3 aromatic carbocycles. The summed E-state index contributed by atoms with van der Waals surface area (Å²) in [6.45, 7) is 0. The lowest BCUT2D eigenvalue weighted by Crippen LogP contribution is -2.04. The number of nitrogens with zero attached hydrogens (tertiary/aromatic N) is 1. The monoisotopic (exact) mass is 349 g/mol. The van der Waals surface area contributed by atoms with E-state index in [1.807, 2.05) is 60.7 Å². The molecule has 0 atom stereocenters. The van der Waals surface area contributed by atoms with E-state index in [0.717, 1.165) is 34.2 Å². The zero-order chi connectivity index (χ0) is 18.1. The highest BCUT2D eigenvalue weighted by Crippen LogP contribution is 2.35. The minimum absolute atomic E-state index is 0.447. The van der Waals surface area contributed by atoms with Gasteiger partial charge in [-0.3, -0.25) is 0 Å². The van der Waals surface area contributed by atoms with Gasteiger partial charge in [-0.1, -0.05) is 60.7 Å². The lowest BCUT2D eigenvalue weighted by molar-refractivity contribution is -0.137. The molecule has 1 aromatic heterocycles. The van der Waals surface area contributed by atoms with Crippen LogP contribution in [0.15, 0.2) is 84.9 Å². The van der Waals surface area contributed by atoms with Crippen LogP contribution in [0.4, 0.5) is 13.2 Å². The first-order chi connectivity index (χ1) is 12.5. The van der Waals surface area contributed by atoms with Gasteiger partial charge >= 0.3 is 6.18 Å². The Labute approximate surface area is 148 Å². The van der Waals surface area contributed by atoms with Gasteiger partial charge in [0.1, 0.15) is 0 Å². The van der Waals surface area contributed by atoms with E-state index in [1.165, 1.54) is 6.07 Å². The Hall–Kier alpha value is -3.14. The SMILES string of the molecule is FC(F)(F)c1cccc(-c2cc(-c3ccccc3)c3ccccc3n2)c1. The first-order valence-corrected chi connectivity index (χ1v) is 8.15. The number of benzene rings is 3. The van der Waals surface area contributed by atoms with Crippen molar-refractivity contribution in [2.45, 2.75) is 6.18 Å². The molecule has 128 valence electrons. The maximum atomic E-state index is 13.1. The van der Waals surface area contributed by atoms with E-state index in [0.29, 0.717) is 11.3 Å². The summed E-state index contributed by atoms with van der Waals surface area (Å²) in [6, 6.07) is 24.6. The number of aromatic nitrogens is 1. The molecule has 0 aliphatic rings. The second-order valence-corrected chi connectivity index (χ2v) is 6.02. The Morgan fingerprint density at radius 3 is 2.12 bits per heavy atom. The molecule has 0 fully saturated rings. The van der Waals surface area contributed by atoms with Crippen LogP contribution in [0.1, 0.15) is 5.56 Å². The summed E-state index contributed by atoms with van der Waals surface area (Å²) in [5.41, 5.74) is 2.99. The van der Waals surface area contributed by atoms with Crippen molar-refractivity contribution in [1.29, 1.82) is 0 Å². The van der Waals surface area contributed by atoms with Gasteiger partial charge in [-0.25, -0.2) is 4.98 Å². The van der Waals surface area contributed by atoms with Crippen molar-refractivity contribution < 1.29 is 13.2 Å². The first kappa shape index (κ1) is 16.3. The molecule has 0 unspecified atom stereocenters. The average molecular weight is 349 g/mol. The van der Waals surface area contributed by atoms with E-state index in [4.69, 9.17) is 0 Å². The Kier molecular flexibility index (Phi) is 3.96. The number of para-hydroxylation sites is 1. The van der Waals surface area contributed by atoms with Crippen molar-refractivity contribution in [2.24, 2.45) is 0 Å². The molecule has 0 saturated carbocycles. The Morgan fingerprint density at radius 1 is 0.654 bits per heavy atom. The van der Waals surface area contributed by atoms with Crippen molar-refractivity contribution in [2.75, 3.05) is 0 Å². The number of hydrogen-bond acceptors (Lipinski definition) is 1. The maximum Gasteiger partial charge on any atom is 0.416 e. The molecule has 4 rings (SSSR count). The van der Waals surface area contributed by atoms with Crippen LogP contribution >= 0.6 is 0 Å². The number of alkyl halides is 3. The van der Waals surface area contributed by atoms with E-state index in [2.05, 4.69) is 4.98 Å². The molecule has 4 aromatic rings. The van der Waals surface area contributed by atoms with Crippen LogP contribution in [0.2, 0.25) is 0 Å². The molecule has 0 aliphatic heterocycles. The molecule has 4 heteroatoms. The zero-order valence-electron chi connectivity index (χ0n) is 13.7. The van der Waals surface area contributed by atoms with Crippen LogP contribution in [-0.4, -0.2) is 4.98 Å². The van der Waals surface area contributed by atoms with Gasteiger partial charge in [0, 0.05) is 10.9 Å². The lowest BCUT2D eigenvalue weighted by atomic mass is 9.98. The highest BCUT2D eigenvalue weighted by molar-refractivity contribution is 5.96. The van der Waals surface area contributed by atoms with Crippen LogP contribution < -0.4 is 0 Å². The van der Waals surface area contributed by atoms with Crippen molar-refractivity contribution in [1.82, 2.24) is 4.98 Å². The van der Waals surface area contributed by atoms with E-state index in [1.54, 1.807) is 6.07 Å². The number of pyridine rings is 1. The standard InChI is InChI=1S/C22H14F3N/c23-22(24,25)17-10-6-9-16(13-17)21-14-19(15-7-2-1-3-8-15)18-11-4-5-12-20(18)26-21/h1-14H. The van der Waals surface area contributed by atoms with E-state index in [9.17, 15) is 13.2 Å². The number of rotatable bonds is 2. The Morgan fingerprint density at radius 2 is 1.35 bits per heavy atom. The predicted molar refractivity (Wildman–Crippen MR) is 97.6 cm³/mol. The van der Waals surface area contributed by atoms with Crippen LogP contribution in [0.3, 0.4) is 0 Å². The molecule has 0 N–H and O–H groups in total. The quantitative estimate of drug-likeness (QED) is 0.398. The van der Waals surface area contributed by atoms with Gasteiger partial charge in [-0.2, -0.15) is 13.2 Å². The summed E-state index contributed by atoms with van der Waals surface area (Å²) in [5.74, 6) is 0. The third kappa shape index (κ3) is 3.06. The highest BCUT2D eigenvalue weighted by Gasteiger charge is 2.30. The van der Waals surface area contributed by atoms with Gasteiger partial charge in [0.25, 0.3) is 0 Å². The fraction of sp³-hybridized carbons (Fsp3) is 0.0455. The summed E-state index contributed by atoms with van der Waals surface area (Å²) in [6.07, 6.45) is -4.38. The van der Waals surface area contributed by atoms with Gasteiger partial charge in [-0.15, -0.1) is 0 Å². The van der Waals surface area contributed by atoms with Crippen LogP contribution in [-0.2, 0) is 6.18 Å². The fourth-order valence-electron chi connectivity index (χ4n) is 3.03. The summed E-state index contributed by atoms with van der Waals surface area (Å²) < 4.78 is 39.2. The second kappa shape index (κ2) is 6.30. The van der Waals surface area contributed by atoms with Crippen molar-refractivity contribution in [3.05, 3.63) is 90.5 Å². The molecule has 26 heavy (non-hydrogen) atoms. The molecule has 0 saturated heterocycles. The summed E-state index contributed by atoms with van der Waals surface area (Å²) >= 11 is 0. The lowest BCUT2D eigenvalue weighted by Gasteiger charge is -2.12. The minimum Gasteiger partial charge on any atom is -0.248 e. The summed E-state index contributed by atoms with van der Waals surface area (Å²) in [5, 5.41) is 0.967. The van der Waals surface area contributed by atoms with Crippen molar-refractivity contribution in [3.8, 4) is 22.4 Å². The van der Waals surface area contributed by atoms with E-state index < -0.39 is 11.7 Å². The van der Waals surface area contributed by atoms with E-state index >= 15 is 0 Å². The minimum atomic E-state index is -4.38. The summed E-state index contributed by atoms with van der Waals surface area (Å²) in [7, 11) is 0. The van der Waals surface area contributed by atoms with Gasteiger partial charge in [0.15, 0.2) is 0 Å². The van der Waals surface area contributed by atoms with Gasteiger partial charge < -0.3 is 0 Å². The highest BCUT2D eigenvalue weighted by atomic mass is 19.4. The van der Waals surface area contributed by atoms with Crippen LogP contribution in [0.5, 0.6) is 0 Å². The van der Waals surface area contributed by atoms with E-state index in [-0.39, 0.29) is 0 Å². The third-order valence-electron chi connectivity index (χ3n) is 4.29. The normalized spacial score (nSPS) is 11.7. The topological polar surface area (TPSA) is 12.9 Å². The number of halogens is 3. The molecule has 0 bridgehead atoms. The second-order valence-electron chi connectivity index (χ2n) is 6.02. The number of fused-ring (bicyclic) bond motifs is 1.